The van der Waals surface area contributed by atoms with Crippen LogP contribution >= 0.6 is 0 Å². The number of hydrogen-bond acceptors (Lipinski definition) is 2. The molecule has 2 nitrogen and oxygen atoms in total. The molecule has 0 saturated heterocycles. The molecule has 4 heteroatoms. The fraction of sp³-hybridized carbons (Fsp3) is 0.214. The highest BCUT2D eigenvalue weighted by atomic mass is 19.1. The van der Waals surface area contributed by atoms with Gasteiger partial charge in [0.05, 0.1) is 5.69 Å². The van der Waals surface area contributed by atoms with E-state index in [1.807, 2.05) is 6.07 Å². The summed E-state index contributed by atoms with van der Waals surface area (Å²) >= 11 is 0. The largest absolute Gasteiger partial charge is 0.327 e. The lowest BCUT2D eigenvalue weighted by Gasteiger charge is -2.04. The second-order valence-corrected chi connectivity index (χ2v) is 4.61. The van der Waals surface area contributed by atoms with Gasteiger partial charge in [0.15, 0.2) is 0 Å². The van der Waals surface area contributed by atoms with E-state index in [0.29, 0.717) is 17.2 Å². The first kappa shape index (κ1) is 11.3. The molecule has 1 fully saturated rings. The van der Waals surface area contributed by atoms with Crippen LogP contribution in [0.3, 0.4) is 0 Å². The summed E-state index contributed by atoms with van der Waals surface area (Å²) in [7, 11) is 0. The maximum Gasteiger partial charge on any atom is 0.135 e. The normalized spacial score (nSPS) is 21.9. The standard InChI is InChI=1S/C14H12F2N2/c15-9-2-3-10(12(16)5-9)14-4-1-8(7-18-14)11-6-13(11)17/h1-5,7,11,13H,6,17H2/t11-,13?/m1/s1. The summed E-state index contributed by atoms with van der Waals surface area (Å²) in [6.45, 7) is 0. The molecule has 1 heterocycles. The van der Waals surface area contributed by atoms with Gasteiger partial charge >= 0.3 is 0 Å². The minimum Gasteiger partial charge on any atom is -0.327 e. The van der Waals surface area contributed by atoms with Crippen LogP contribution in [-0.4, -0.2) is 11.0 Å². The van der Waals surface area contributed by atoms with Gasteiger partial charge in [-0.1, -0.05) is 6.07 Å². The molecule has 1 saturated carbocycles. The van der Waals surface area contributed by atoms with Crippen molar-refractivity contribution in [1.82, 2.24) is 4.98 Å². The van der Waals surface area contributed by atoms with E-state index < -0.39 is 11.6 Å². The molecule has 2 aromatic rings. The molecule has 1 aromatic heterocycles. The zero-order chi connectivity index (χ0) is 12.7. The Morgan fingerprint density at radius 1 is 1.17 bits per heavy atom. The van der Waals surface area contributed by atoms with Crippen molar-refractivity contribution >= 4 is 0 Å². The lowest BCUT2D eigenvalue weighted by molar-refractivity contribution is 0.585. The Bertz CT molecular complexity index is 581. The van der Waals surface area contributed by atoms with Crippen LogP contribution < -0.4 is 5.73 Å². The van der Waals surface area contributed by atoms with E-state index in [4.69, 9.17) is 5.73 Å². The van der Waals surface area contributed by atoms with Crippen LogP contribution in [0.5, 0.6) is 0 Å². The van der Waals surface area contributed by atoms with Crippen molar-refractivity contribution < 1.29 is 8.78 Å². The van der Waals surface area contributed by atoms with Gasteiger partial charge in [-0.05, 0) is 30.2 Å². The predicted molar refractivity (Wildman–Crippen MR) is 64.9 cm³/mol. The molecule has 1 aliphatic rings. The van der Waals surface area contributed by atoms with Gasteiger partial charge in [-0.15, -0.1) is 0 Å². The summed E-state index contributed by atoms with van der Waals surface area (Å²) < 4.78 is 26.4. The molecule has 0 amide bonds. The quantitative estimate of drug-likeness (QED) is 0.885. The molecule has 3 rings (SSSR count). The van der Waals surface area contributed by atoms with Crippen molar-refractivity contribution in [2.75, 3.05) is 0 Å². The molecule has 0 bridgehead atoms. The first-order valence-corrected chi connectivity index (χ1v) is 5.82. The van der Waals surface area contributed by atoms with E-state index in [1.54, 1.807) is 12.3 Å². The summed E-state index contributed by atoms with van der Waals surface area (Å²) in [5, 5.41) is 0. The van der Waals surface area contributed by atoms with E-state index in [9.17, 15) is 8.78 Å². The molecule has 1 unspecified atom stereocenters. The van der Waals surface area contributed by atoms with Gasteiger partial charge in [-0.3, -0.25) is 4.98 Å². The lowest BCUT2D eigenvalue weighted by Crippen LogP contribution is -2.01. The number of aromatic nitrogens is 1. The Morgan fingerprint density at radius 3 is 2.50 bits per heavy atom. The molecule has 2 N–H and O–H groups in total. The van der Waals surface area contributed by atoms with E-state index in [1.165, 1.54) is 12.1 Å². The third-order valence-corrected chi connectivity index (χ3v) is 3.26. The zero-order valence-corrected chi connectivity index (χ0v) is 9.61. The van der Waals surface area contributed by atoms with E-state index >= 15 is 0 Å². The predicted octanol–water partition coefficient (Wildman–Crippen LogP) is 2.84. The average Bonchev–Trinajstić information content (AvgIpc) is 3.07. The Kier molecular flexibility index (Phi) is 2.59. The third-order valence-electron chi connectivity index (χ3n) is 3.26. The second-order valence-electron chi connectivity index (χ2n) is 4.61. The van der Waals surface area contributed by atoms with Gasteiger partial charge in [-0.25, -0.2) is 8.78 Å². The maximum absolute atomic E-state index is 13.6. The highest BCUT2D eigenvalue weighted by molar-refractivity contribution is 5.60. The van der Waals surface area contributed by atoms with Gasteiger partial charge in [0, 0.05) is 29.8 Å². The summed E-state index contributed by atoms with van der Waals surface area (Å²) in [6.07, 6.45) is 2.70. The third kappa shape index (κ3) is 1.99. The topological polar surface area (TPSA) is 38.9 Å². The number of rotatable bonds is 2. The molecule has 18 heavy (non-hydrogen) atoms. The van der Waals surface area contributed by atoms with Crippen LogP contribution in [-0.2, 0) is 0 Å². The van der Waals surface area contributed by atoms with Crippen LogP contribution in [0.4, 0.5) is 8.78 Å². The van der Waals surface area contributed by atoms with Crippen molar-refractivity contribution in [2.24, 2.45) is 5.73 Å². The van der Waals surface area contributed by atoms with Crippen LogP contribution in [0.25, 0.3) is 11.3 Å². The Labute approximate surface area is 103 Å². The first-order chi connectivity index (χ1) is 8.65. The summed E-state index contributed by atoms with van der Waals surface area (Å²) in [5.41, 5.74) is 7.65. The summed E-state index contributed by atoms with van der Waals surface area (Å²) in [4.78, 5) is 4.22. The molecule has 0 spiro atoms. The highest BCUT2D eigenvalue weighted by Crippen LogP contribution is 2.38. The van der Waals surface area contributed by atoms with Crippen LogP contribution in [0.2, 0.25) is 0 Å². The zero-order valence-electron chi connectivity index (χ0n) is 9.61. The molecular formula is C14H12F2N2. The number of halogens is 2. The van der Waals surface area contributed by atoms with E-state index in [0.717, 1.165) is 18.1 Å². The van der Waals surface area contributed by atoms with Crippen LogP contribution in [0.15, 0.2) is 36.5 Å². The minimum atomic E-state index is -0.599. The monoisotopic (exact) mass is 246 g/mol. The fourth-order valence-corrected chi connectivity index (χ4v) is 2.08. The molecular weight excluding hydrogens is 234 g/mol. The number of benzene rings is 1. The fourth-order valence-electron chi connectivity index (χ4n) is 2.08. The number of nitrogens with two attached hydrogens (primary N) is 1. The lowest BCUT2D eigenvalue weighted by atomic mass is 10.1. The Hall–Kier alpha value is -1.81. The van der Waals surface area contributed by atoms with Gasteiger partial charge < -0.3 is 5.73 Å². The summed E-state index contributed by atoms with van der Waals surface area (Å²) in [5.74, 6) is -0.806. The SMILES string of the molecule is NC1C[C@@H]1c1ccc(-c2ccc(F)cc2F)nc1. The Balaban J connectivity index is 1.92. The smallest absolute Gasteiger partial charge is 0.135 e. The first-order valence-electron chi connectivity index (χ1n) is 5.82. The molecule has 1 aromatic carbocycles. The van der Waals surface area contributed by atoms with Gasteiger partial charge in [-0.2, -0.15) is 0 Å². The number of hydrogen-bond donors (Lipinski definition) is 1. The molecule has 92 valence electrons. The van der Waals surface area contributed by atoms with Crippen LogP contribution in [0.1, 0.15) is 17.9 Å². The van der Waals surface area contributed by atoms with Crippen molar-refractivity contribution in [1.29, 1.82) is 0 Å². The molecule has 0 aliphatic heterocycles. The second kappa shape index (κ2) is 4.14. The molecule has 1 aliphatic carbocycles. The molecule has 0 radical (unpaired) electrons. The maximum atomic E-state index is 13.6. The van der Waals surface area contributed by atoms with Crippen molar-refractivity contribution in [2.45, 2.75) is 18.4 Å². The van der Waals surface area contributed by atoms with Crippen molar-refractivity contribution in [3.05, 3.63) is 53.7 Å². The van der Waals surface area contributed by atoms with E-state index in [-0.39, 0.29) is 6.04 Å². The van der Waals surface area contributed by atoms with Crippen molar-refractivity contribution in [3.8, 4) is 11.3 Å². The van der Waals surface area contributed by atoms with Gasteiger partial charge in [0.2, 0.25) is 0 Å². The van der Waals surface area contributed by atoms with E-state index in [2.05, 4.69) is 4.98 Å². The number of pyridine rings is 1. The highest BCUT2D eigenvalue weighted by Gasteiger charge is 2.34. The van der Waals surface area contributed by atoms with Crippen LogP contribution in [0, 0.1) is 11.6 Å². The number of nitrogens with zero attached hydrogens (tertiary/aromatic N) is 1. The molecule has 2 atom stereocenters. The average molecular weight is 246 g/mol. The van der Waals surface area contributed by atoms with Gasteiger partial charge in [0.25, 0.3) is 0 Å². The Morgan fingerprint density at radius 2 is 1.94 bits per heavy atom. The van der Waals surface area contributed by atoms with Crippen molar-refractivity contribution in [3.63, 3.8) is 0 Å². The minimum absolute atomic E-state index is 0.222. The summed E-state index contributed by atoms with van der Waals surface area (Å²) in [6, 6.07) is 7.36. The van der Waals surface area contributed by atoms with Gasteiger partial charge in [0.1, 0.15) is 11.6 Å².